The number of rotatable bonds is 6. The number of ether oxygens (including phenoxy) is 2. The first kappa shape index (κ1) is 14.3. The van der Waals surface area contributed by atoms with E-state index in [2.05, 4.69) is 0 Å². The molecule has 2 unspecified atom stereocenters. The Labute approximate surface area is 105 Å². The van der Waals surface area contributed by atoms with E-state index in [1.165, 1.54) is 14.2 Å². The molecule has 18 heavy (non-hydrogen) atoms. The van der Waals surface area contributed by atoms with Crippen LogP contribution in [-0.4, -0.2) is 36.4 Å². The predicted octanol–water partition coefficient (Wildman–Crippen LogP) is -0.0265. The molecule has 1 aromatic rings. The van der Waals surface area contributed by atoms with E-state index in [1.807, 2.05) is 0 Å². The second kappa shape index (κ2) is 6.23. The van der Waals surface area contributed by atoms with Crippen molar-refractivity contribution in [3.63, 3.8) is 0 Å². The molecule has 0 saturated heterocycles. The molecule has 1 aromatic carbocycles. The molecule has 0 aliphatic rings. The van der Waals surface area contributed by atoms with Crippen molar-refractivity contribution in [1.29, 1.82) is 0 Å². The van der Waals surface area contributed by atoms with Gasteiger partial charge in [0.2, 0.25) is 5.91 Å². The van der Waals surface area contributed by atoms with E-state index in [4.69, 9.17) is 15.2 Å². The number of aliphatic hydroxyl groups is 2. The maximum Gasteiger partial charge on any atom is 0.220 e. The average Bonchev–Trinajstić information content (AvgIpc) is 2.36. The quantitative estimate of drug-likeness (QED) is 0.662. The molecule has 6 heteroatoms. The third-order valence-corrected chi connectivity index (χ3v) is 2.53. The predicted molar refractivity (Wildman–Crippen MR) is 64.3 cm³/mol. The number of amides is 1. The molecule has 0 saturated carbocycles. The second-order valence-corrected chi connectivity index (χ2v) is 3.79. The fourth-order valence-corrected chi connectivity index (χ4v) is 1.59. The minimum absolute atomic E-state index is 0.323. The number of methoxy groups -OCH3 is 2. The molecule has 2 atom stereocenters. The van der Waals surface area contributed by atoms with Gasteiger partial charge in [0.05, 0.1) is 26.7 Å². The molecular formula is C12H17NO5. The number of aliphatic hydroxyl groups excluding tert-OH is 2. The maximum atomic E-state index is 10.7. The Morgan fingerprint density at radius 2 is 2.00 bits per heavy atom. The molecule has 0 bridgehead atoms. The fourth-order valence-electron chi connectivity index (χ4n) is 1.59. The largest absolute Gasteiger partial charge is 0.497 e. The summed E-state index contributed by atoms with van der Waals surface area (Å²) in [5.74, 6) is 0.242. The third kappa shape index (κ3) is 3.35. The Morgan fingerprint density at radius 1 is 1.33 bits per heavy atom. The number of hydrogen-bond donors (Lipinski definition) is 3. The van der Waals surface area contributed by atoms with Gasteiger partial charge < -0.3 is 25.4 Å². The Bertz CT molecular complexity index is 421. The van der Waals surface area contributed by atoms with Gasteiger partial charge in [-0.1, -0.05) is 0 Å². The zero-order chi connectivity index (χ0) is 13.7. The van der Waals surface area contributed by atoms with E-state index >= 15 is 0 Å². The van der Waals surface area contributed by atoms with E-state index in [0.717, 1.165) is 0 Å². The molecule has 6 nitrogen and oxygen atoms in total. The molecule has 0 spiro atoms. The maximum absolute atomic E-state index is 10.7. The van der Waals surface area contributed by atoms with E-state index in [1.54, 1.807) is 18.2 Å². The first-order chi connectivity index (χ1) is 8.49. The van der Waals surface area contributed by atoms with Crippen molar-refractivity contribution in [2.45, 2.75) is 18.6 Å². The molecule has 1 amide bonds. The van der Waals surface area contributed by atoms with Gasteiger partial charge in [-0.05, 0) is 12.1 Å². The summed E-state index contributed by atoms with van der Waals surface area (Å²) in [5, 5.41) is 19.6. The Hall–Kier alpha value is -1.79. The summed E-state index contributed by atoms with van der Waals surface area (Å²) in [7, 11) is 2.94. The highest BCUT2D eigenvalue weighted by Gasteiger charge is 2.23. The molecule has 1 rings (SSSR count). The summed E-state index contributed by atoms with van der Waals surface area (Å²) in [6.45, 7) is 0. The zero-order valence-electron chi connectivity index (χ0n) is 10.3. The van der Waals surface area contributed by atoms with Gasteiger partial charge in [-0.2, -0.15) is 0 Å². The topological polar surface area (TPSA) is 102 Å². The van der Waals surface area contributed by atoms with Crippen LogP contribution in [-0.2, 0) is 4.79 Å². The van der Waals surface area contributed by atoms with Gasteiger partial charge >= 0.3 is 0 Å². The van der Waals surface area contributed by atoms with Crippen molar-refractivity contribution in [3.05, 3.63) is 23.8 Å². The SMILES string of the molecule is COc1ccc(C(O)C(O)CC(N)=O)c(OC)c1. The lowest BCUT2D eigenvalue weighted by Gasteiger charge is -2.19. The second-order valence-electron chi connectivity index (χ2n) is 3.79. The van der Waals surface area contributed by atoms with Crippen LogP contribution < -0.4 is 15.2 Å². The molecular weight excluding hydrogens is 238 g/mol. The number of nitrogens with two attached hydrogens (primary N) is 1. The number of carbonyl (C=O) groups excluding carboxylic acids is 1. The van der Waals surface area contributed by atoms with Gasteiger partial charge in [0, 0.05) is 11.6 Å². The lowest BCUT2D eigenvalue weighted by atomic mass is 10.0. The van der Waals surface area contributed by atoms with Crippen LogP contribution in [0.2, 0.25) is 0 Å². The standard InChI is InChI=1S/C12H17NO5/c1-17-7-3-4-8(10(5-7)18-2)12(16)9(14)6-11(13)15/h3-5,9,12,14,16H,6H2,1-2H3,(H2,13,15). The summed E-state index contributed by atoms with van der Waals surface area (Å²) < 4.78 is 10.1. The van der Waals surface area contributed by atoms with Crippen LogP contribution in [0.4, 0.5) is 0 Å². The van der Waals surface area contributed by atoms with Crippen molar-refractivity contribution in [1.82, 2.24) is 0 Å². The summed E-state index contributed by atoms with van der Waals surface area (Å²) in [6, 6.07) is 4.76. The van der Waals surface area contributed by atoms with Crippen molar-refractivity contribution >= 4 is 5.91 Å². The molecule has 4 N–H and O–H groups in total. The van der Waals surface area contributed by atoms with Gasteiger partial charge in [0.25, 0.3) is 0 Å². The van der Waals surface area contributed by atoms with Crippen LogP contribution in [0.5, 0.6) is 11.5 Å². The van der Waals surface area contributed by atoms with Gasteiger partial charge in [0.1, 0.15) is 17.6 Å². The molecule has 100 valence electrons. The lowest BCUT2D eigenvalue weighted by Crippen LogP contribution is -2.25. The Balaban J connectivity index is 2.97. The minimum atomic E-state index is -1.27. The highest BCUT2D eigenvalue weighted by Crippen LogP contribution is 2.31. The number of carbonyl (C=O) groups is 1. The Morgan fingerprint density at radius 3 is 2.50 bits per heavy atom. The van der Waals surface area contributed by atoms with E-state index in [9.17, 15) is 15.0 Å². The normalized spacial score (nSPS) is 13.8. The van der Waals surface area contributed by atoms with Crippen LogP contribution in [0.3, 0.4) is 0 Å². The zero-order valence-corrected chi connectivity index (χ0v) is 10.3. The average molecular weight is 255 g/mol. The van der Waals surface area contributed by atoms with Crippen LogP contribution in [0.25, 0.3) is 0 Å². The van der Waals surface area contributed by atoms with E-state index in [0.29, 0.717) is 17.1 Å². The lowest BCUT2D eigenvalue weighted by molar-refractivity contribution is -0.121. The summed E-state index contributed by atoms with van der Waals surface area (Å²) in [5.41, 5.74) is 5.33. The highest BCUT2D eigenvalue weighted by atomic mass is 16.5. The van der Waals surface area contributed by atoms with Crippen LogP contribution in [0.15, 0.2) is 18.2 Å². The molecule has 0 aliphatic carbocycles. The summed E-state index contributed by atoms with van der Waals surface area (Å²) >= 11 is 0. The molecule has 0 radical (unpaired) electrons. The van der Waals surface area contributed by atoms with Crippen molar-refractivity contribution in [2.75, 3.05) is 14.2 Å². The third-order valence-electron chi connectivity index (χ3n) is 2.53. The number of hydrogen-bond acceptors (Lipinski definition) is 5. The highest BCUT2D eigenvalue weighted by molar-refractivity contribution is 5.74. The first-order valence-electron chi connectivity index (χ1n) is 5.36. The minimum Gasteiger partial charge on any atom is -0.497 e. The van der Waals surface area contributed by atoms with Gasteiger partial charge in [0.15, 0.2) is 0 Å². The molecule has 0 aromatic heterocycles. The van der Waals surface area contributed by atoms with Crippen LogP contribution in [0, 0.1) is 0 Å². The van der Waals surface area contributed by atoms with Gasteiger partial charge in [-0.15, -0.1) is 0 Å². The van der Waals surface area contributed by atoms with Crippen molar-refractivity contribution < 1.29 is 24.5 Å². The molecule has 0 fully saturated rings. The fraction of sp³-hybridized carbons (Fsp3) is 0.417. The van der Waals surface area contributed by atoms with E-state index in [-0.39, 0.29) is 6.42 Å². The smallest absolute Gasteiger partial charge is 0.220 e. The number of benzene rings is 1. The summed E-state index contributed by atoms with van der Waals surface area (Å²) in [4.78, 5) is 10.7. The Kier molecular flexibility index (Phi) is 4.94. The number of primary amides is 1. The molecule has 0 heterocycles. The van der Waals surface area contributed by atoms with E-state index < -0.39 is 18.1 Å². The van der Waals surface area contributed by atoms with Crippen molar-refractivity contribution in [2.24, 2.45) is 5.73 Å². The van der Waals surface area contributed by atoms with Crippen molar-refractivity contribution in [3.8, 4) is 11.5 Å². The summed E-state index contributed by atoms with van der Waals surface area (Å²) in [6.07, 6.45) is -2.85. The van der Waals surface area contributed by atoms with Gasteiger partial charge in [-0.3, -0.25) is 4.79 Å². The first-order valence-corrected chi connectivity index (χ1v) is 5.36. The van der Waals surface area contributed by atoms with Crippen LogP contribution >= 0.6 is 0 Å². The van der Waals surface area contributed by atoms with Gasteiger partial charge in [-0.25, -0.2) is 0 Å². The molecule has 0 aliphatic heterocycles. The monoisotopic (exact) mass is 255 g/mol. The van der Waals surface area contributed by atoms with Crippen LogP contribution in [0.1, 0.15) is 18.1 Å².